The number of carbonyl (C=O) groups excluding carboxylic acids is 1. The fraction of sp³-hybridized carbons (Fsp3) is 0.381. The van der Waals surface area contributed by atoms with Gasteiger partial charge in [0.15, 0.2) is 11.5 Å². The van der Waals surface area contributed by atoms with Crippen LogP contribution in [-0.4, -0.2) is 63.9 Å². The molecule has 2 aromatic carbocycles. The molecule has 0 unspecified atom stereocenters. The van der Waals surface area contributed by atoms with Gasteiger partial charge in [-0.05, 0) is 23.3 Å². The van der Waals surface area contributed by atoms with E-state index in [1.54, 1.807) is 43.4 Å². The number of piperazine rings is 1. The Morgan fingerprint density at radius 3 is 2.17 bits per heavy atom. The lowest BCUT2D eigenvalue weighted by molar-refractivity contribution is -0.131. The van der Waals surface area contributed by atoms with Gasteiger partial charge in [0.25, 0.3) is 0 Å². The largest absolute Gasteiger partial charge is 0.493 e. The molecule has 0 aliphatic carbocycles. The van der Waals surface area contributed by atoms with E-state index in [9.17, 15) is 13.2 Å². The van der Waals surface area contributed by atoms with Gasteiger partial charge in [0.05, 0.1) is 26.4 Å². The minimum absolute atomic E-state index is 0.0204. The molecule has 2 aromatic rings. The van der Waals surface area contributed by atoms with Crippen molar-refractivity contribution in [3.63, 3.8) is 0 Å². The predicted octanol–water partition coefficient (Wildman–Crippen LogP) is 1.92. The highest BCUT2D eigenvalue weighted by Crippen LogP contribution is 2.28. The Kier molecular flexibility index (Phi) is 6.76. The van der Waals surface area contributed by atoms with Crippen LogP contribution < -0.4 is 9.47 Å². The molecular weight excluding hydrogens is 392 g/mol. The Morgan fingerprint density at radius 1 is 0.897 bits per heavy atom. The second kappa shape index (κ2) is 9.28. The number of sulfonamides is 1. The molecule has 1 aliphatic rings. The van der Waals surface area contributed by atoms with E-state index in [-0.39, 0.29) is 18.1 Å². The number of carbonyl (C=O) groups is 1. The Hall–Kier alpha value is -2.58. The van der Waals surface area contributed by atoms with Crippen LogP contribution in [0.3, 0.4) is 0 Å². The highest BCUT2D eigenvalue weighted by Gasteiger charge is 2.29. The van der Waals surface area contributed by atoms with E-state index in [2.05, 4.69) is 0 Å². The van der Waals surface area contributed by atoms with Crippen LogP contribution in [-0.2, 0) is 27.0 Å². The van der Waals surface area contributed by atoms with E-state index in [4.69, 9.17) is 9.47 Å². The summed E-state index contributed by atoms with van der Waals surface area (Å²) >= 11 is 0. The van der Waals surface area contributed by atoms with Crippen molar-refractivity contribution in [2.75, 3.05) is 40.4 Å². The minimum atomic E-state index is -3.40. The Morgan fingerprint density at radius 2 is 1.55 bits per heavy atom. The van der Waals surface area contributed by atoms with Crippen molar-refractivity contribution in [3.8, 4) is 11.5 Å². The first-order valence-corrected chi connectivity index (χ1v) is 11.0. The van der Waals surface area contributed by atoms with Gasteiger partial charge in [0.2, 0.25) is 15.9 Å². The number of rotatable bonds is 7. The van der Waals surface area contributed by atoms with Crippen molar-refractivity contribution in [1.82, 2.24) is 9.21 Å². The molecule has 0 atom stereocenters. The average molecular weight is 419 g/mol. The van der Waals surface area contributed by atoms with E-state index < -0.39 is 10.0 Å². The van der Waals surface area contributed by atoms with Crippen molar-refractivity contribution >= 4 is 15.9 Å². The molecule has 0 N–H and O–H groups in total. The van der Waals surface area contributed by atoms with E-state index >= 15 is 0 Å². The van der Waals surface area contributed by atoms with Crippen LogP contribution >= 0.6 is 0 Å². The van der Waals surface area contributed by atoms with Gasteiger partial charge < -0.3 is 14.4 Å². The van der Waals surface area contributed by atoms with Crippen molar-refractivity contribution < 1.29 is 22.7 Å². The first-order valence-electron chi connectivity index (χ1n) is 9.43. The highest BCUT2D eigenvalue weighted by atomic mass is 32.2. The van der Waals surface area contributed by atoms with Gasteiger partial charge in [0.1, 0.15) is 0 Å². The summed E-state index contributed by atoms with van der Waals surface area (Å²) in [5, 5.41) is 0. The fourth-order valence-electron chi connectivity index (χ4n) is 3.37. The highest BCUT2D eigenvalue weighted by molar-refractivity contribution is 7.88. The zero-order valence-electron chi connectivity index (χ0n) is 16.7. The fourth-order valence-corrected chi connectivity index (χ4v) is 4.88. The van der Waals surface area contributed by atoms with Crippen LogP contribution in [0, 0.1) is 0 Å². The molecular formula is C21H26N2O5S. The topological polar surface area (TPSA) is 76.2 Å². The van der Waals surface area contributed by atoms with Gasteiger partial charge in [-0.2, -0.15) is 4.31 Å². The number of ether oxygens (including phenoxy) is 2. The molecule has 7 nitrogen and oxygen atoms in total. The van der Waals surface area contributed by atoms with Crippen molar-refractivity contribution in [2.45, 2.75) is 12.2 Å². The lowest BCUT2D eigenvalue weighted by Crippen LogP contribution is -2.51. The quantitative estimate of drug-likeness (QED) is 0.687. The second-order valence-electron chi connectivity index (χ2n) is 6.89. The molecule has 1 heterocycles. The Balaban J connectivity index is 1.57. The van der Waals surface area contributed by atoms with E-state index in [0.717, 1.165) is 11.1 Å². The van der Waals surface area contributed by atoms with E-state index in [1.807, 2.05) is 24.3 Å². The molecule has 1 saturated heterocycles. The van der Waals surface area contributed by atoms with Crippen molar-refractivity contribution in [2.24, 2.45) is 0 Å². The smallest absolute Gasteiger partial charge is 0.227 e. The van der Waals surface area contributed by atoms with Gasteiger partial charge in [-0.25, -0.2) is 8.42 Å². The monoisotopic (exact) mass is 418 g/mol. The standard InChI is InChI=1S/C21H26N2O5S/c1-27-19-9-8-18(14-20(19)28-2)15-21(24)22-10-12-23(13-11-22)29(25,26)16-17-6-4-3-5-7-17/h3-9,14H,10-13,15-16H2,1-2H3. The molecule has 1 aliphatic heterocycles. The molecule has 156 valence electrons. The molecule has 0 radical (unpaired) electrons. The first-order chi connectivity index (χ1) is 13.9. The third-order valence-electron chi connectivity index (χ3n) is 4.98. The molecule has 8 heteroatoms. The van der Waals surface area contributed by atoms with Crippen LogP contribution in [0.25, 0.3) is 0 Å². The average Bonchev–Trinajstić information content (AvgIpc) is 2.74. The summed E-state index contributed by atoms with van der Waals surface area (Å²) < 4.78 is 37.3. The molecule has 0 aromatic heterocycles. The van der Waals surface area contributed by atoms with Crippen LogP contribution in [0.2, 0.25) is 0 Å². The summed E-state index contributed by atoms with van der Waals surface area (Å²) in [5.74, 6) is 1.14. The SMILES string of the molecule is COc1ccc(CC(=O)N2CCN(S(=O)(=O)Cc3ccccc3)CC2)cc1OC. The molecule has 0 bridgehead atoms. The van der Waals surface area contributed by atoms with Crippen molar-refractivity contribution in [3.05, 3.63) is 59.7 Å². The molecule has 0 saturated carbocycles. The van der Waals surface area contributed by atoms with Gasteiger partial charge in [0, 0.05) is 26.2 Å². The molecule has 0 spiro atoms. The van der Waals surface area contributed by atoms with Gasteiger partial charge >= 0.3 is 0 Å². The van der Waals surface area contributed by atoms with Gasteiger partial charge in [-0.15, -0.1) is 0 Å². The second-order valence-corrected chi connectivity index (χ2v) is 8.86. The summed E-state index contributed by atoms with van der Waals surface area (Å²) in [7, 11) is -0.279. The van der Waals surface area contributed by atoms with Crippen LogP contribution in [0.5, 0.6) is 11.5 Å². The van der Waals surface area contributed by atoms with Gasteiger partial charge in [-0.1, -0.05) is 36.4 Å². The summed E-state index contributed by atoms with van der Waals surface area (Å²) in [5.41, 5.74) is 1.59. The maximum absolute atomic E-state index is 12.7. The van der Waals surface area contributed by atoms with Gasteiger partial charge in [-0.3, -0.25) is 4.79 Å². The van der Waals surface area contributed by atoms with E-state index in [0.29, 0.717) is 37.7 Å². The van der Waals surface area contributed by atoms with Crippen LogP contribution in [0.1, 0.15) is 11.1 Å². The third kappa shape index (κ3) is 5.27. The molecule has 1 amide bonds. The number of hydrogen-bond acceptors (Lipinski definition) is 5. The molecule has 1 fully saturated rings. The number of benzene rings is 2. The minimum Gasteiger partial charge on any atom is -0.493 e. The lowest BCUT2D eigenvalue weighted by atomic mass is 10.1. The number of amides is 1. The zero-order chi connectivity index (χ0) is 20.9. The summed E-state index contributed by atoms with van der Waals surface area (Å²) in [6, 6.07) is 14.5. The zero-order valence-corrected chi connectivity index (χ0v) is 17.5. The van der Waals surface area contributed by atoms with Crippen molar-refractivity contribution in [1.29, 1.82) is 0 Å². The summed E-state index contributed by atoms with van der Waals surface area (Å²) in [6.45, 7) is 1.40. The maximum Gasteiger partial charge on any atom is 0.227 e. The normalized spacial score (nSPS) is 15.2. The third-order valence-corrected chi connectivity index (χ3v) is 6.83. The Bertz CT molecular complexity index is 939. The summed E-state index contributed by atoms with van der Waals surface area (Å²) in [4.78, 5) is 14.4. The molecule has 29 heavy (non-hydrogen) atoms. The van der Waals surface area contributed by atoms with E-state index in [1.165, 1.54) is 4.31 Å². The van der Waals surface area contributed by atoms with Crippen LogP contribution in [0.4, 0.5) is 0 Å². The molecule has 3 rings (SSSR count). The number of hydrogen-bond donors (Lipinski definition) is 0. The van der Waals surface area contributed by atoms with Crippen LogP contribution in [0.15, 0.2) is 48.5 Å². The number of nitrogens with zero attached hydrogens (tertiary/aromatic N) is 2. The lowest BCUT2D eigenvalue weighted by Gasteiger charge is -2.34. The number of methoxy groups -OCH3 is 2. The summed E-state index contributed by atoms with van der Waals surface area (Å²) in [6.07, 6.45) is 0.233. The predicted molar refractivity (Wildman–Crippen MR) is 110 cm³/mol. The first kappa shape index (κ1) is 21.1. The maximum atomic E-state index is 12.7. The Labute approximate surface area is 171 Å².